The highest BCUT2D eigenvalue weighted by atomic mass is 32.2. The van der Waals surface area contributed by atoms with Crippen molar-refractivity contribution in [3.63, 3.8) is 0 Å². The summed E-state index contributed by atoms with van der Waals surface area (Å²) in [7, 11) is -3.42. The van der Waals surface area contributed by atoms with Crippen molar-refractivity contribution in [3.8, 4) is 0 Å². The Bertz CT molecular complexity index is 637. The first-order valence-electron chi connectivity index (χ1n) is 8.71. The van der Waals surface area contributed by atoms with Crippen LogP contribution in [0.15, 0.2) is 16.5 Å². The standard InChI is InChI=1S/C17H27NO5S/c1-3-14-10-11-16(23-14)15-8-5-6-12-18(15)24(20,21)13-7-9-17(19)22-4-2/h10-11,15H,3-9,12-13H2,1-2H3. The predicted octanol–water partition coefficient (Wildman–Crippen LogP) is 3.04. The summed E-state index contributed by atoms with van der Waals surface area (Å²) in [5.74, 6) is 1.21. The largest absolute Gasteiger partial charge is 0.466 e. The average molecular weight is 357 g/mol. The molecule has 1 aliphatic heterocycles. The second-order valence-corrected chi connectivity index (χ2v) is 8.05. The molecule has 0 amide bonds. The molecule has 1 unspecified atom stereocenters. The molecule has 1 aliphatic rings. The van der Waals surface area contributed by atoms with Gasteiger partial charge in [-0.25, -0.2) is 8.42 Å². The van der Waals surface area contributed by atoms with Gasteiger partial charge in [0, 0.05) is 19.4 Å². The number of piperidine rings is 1. The maximum absolute atomic E-state index is 12.7. The summed E-state index contributed by atoms with van der Waals surface area (Å²) in [4.78, 5) is 11.4. The van der Waals surface area contributed by atoms with E-state index in [0.29, 0.717) is 13.2 Å². The number of sulfonamides is 1. The summed E-state index contributed by atoms with van der Waals surface area (Å²) in [5.41, 5.74) is 0. The third-order valence-electron chi connectivity index (χ3n) is 4.26. The highest BCUT2D eigenvalue weighted by Crippen LogP contribution is 2.34. The molecule has 0 spiro atoms. The van der Waals surface area contributed by atoms with Gasteiger partial charge >= 0.3 is 5.97 Å². The van der Waals surface area contributed by atoms with E-state index in [9.17, 15) is 13.2 Å². The van der Waals surface area contributed by atoms with Crippen molar-refractivity contribution < 1.29 is 22.4 Å². The van der Waals surface area contributed by atoms with E-state index in [-0.39, 0.29) is 30.6 Å². The number of rotatable bonds is 8. The summed E-state index contributed by atoms with van der Waals surface area (Å²) in [6, 6.07) is 3.57. The molecular formula is C17H27NO5S. The molecule has 2 heterocycles. The van der Waals surface area contributed by atoms with E-state index in [4.69, 9.17) is 9.15 Å². The van der Waals surface area contributed by atoms with Gasteiger partial charge in [-0.2, -0.15) is 4.31 Å². The summed E-state index contributed by atoms with van der Waals surface area (Å²) in [6.07, 6.45) is 3.82. The zero-order valence-corrected chi connectivity index (χ0v) is 15.3. The van der Waals surface area contributed by atoms with Crippen LogP contribution < -0.4 is 0 Å². The Morgan fingerprint density at radius 3 is 2.79 bits per heavy atom. The van der Waals surface area contributed by atoms with E-state index in [1.54, 1.807) is 11.2 Å². The summed E-state index contributed by atoms with van der Waals surface area (Å²) in [5, 5.41) is 0. The lowest BCUT2D eigenvalue weighted by molar-refractivity contribution is -0.143. The smallest absolute Gasteiger partial charge is 0.305 e. The van der Waals surface area contributed by atoms with Crippen LogP contribution in [0.4, 0.5) is 0 Å². The molecule has 136 valence electrons. The number of hydrogen-bond acceptors (Lipinski definition) is 5. The molecule has 2 rings (SSSR count). The molecule has 1 aromatic rings. The Balaban J connectivity index is 2.03. The highest BCUT2D eigenvalue weighted by Gasteiger charge is 2.34. The van der Waals surface area contributed by atoms with Crippen LogP contribution in [0, 0.1) is 0 Å². The molecule has 1 aromatic heterocycles. The normalized spacial score (nSPS) is 19.3. The molecular weight excluding hydrogens is 330 g/mol. The maximum Gasteiger partial charge on any atom is 0.305 e. The van der Waals surface area contributed by atoms with Crippen LogP contribution in [-0.4, -0.2) is 37.6 Å². The number of hydrogen-bond donors (Lipinski definition) is 0. The molecule has 24 heavy (non-hydrogen) atoms. The lowest BCUT2D eigenvalue weighted by Crippen LogP contribution is -2.39. The molecule has 0 bridgehead atoms. The van der Waals surface area contributed by atoms with Crippen LogP contribution >= 0.6 is 0 Å². The van der Waals surface area contributed by atoms with Gasteiger partial charge in [-0.3, -0.25) is 4.79 Å². The monoisotopic (exact) mass is 357 g/mol. The van der Waals surface area contributed by atoms with Crippen LogP contribution in [0.3, 0.4) is 0 Å². The molecule has 1 fully saturated rings. The van der Waals surface area contributed by atoms with Crippen LogP contribution in [0.2, 0.25) is 0 Å². The van der Waals surface area contributed by atoms with E-state index < -0.39 is 10.0 Å². The van der Waals surface area contributed by atoms with Gasteiger partial charge in [0.2, 0.25) is 10.0 Å². The van der Waals surface area contributed by atoms with Gasteiger partial charge in [0.25, 0.3) is 0 Å². The van der Waals surface area contributed by atoms with E-state index in [1.807, 2.05) is 19.1 Å². The number of carbonyl (C=O) groups excluding carboxylic acids is 1. The fourth-order valence-electron chi connectivity index (χ4n) is 3.04. The minimum atomic E-state index is -3.42. The van der Waals surface area contributed by atoms with Crippen LogP contribution in [-0.2, 0) is 26.0 Å². The minimum Gasteiger partial charge on any atom is -0.466 e. The molecule has 7 heteroatoms. The molecule has 1 atom stereocenters. The number of nitrogens with zero attached hydrogens (tertiary/aromatic N) is 1. The Morgan fingerprint density at radius 1 is 1.33 bits per heavy atom. The molecule has 0 N–H and O–H groups in total. The molecule has 1 saturated heterocycles. The van der Waals surface area contributed by atoms with Crippen molar-refractivity contribution >= 4 is 16.0 Å². The Kier molecular flexibility index (Phi) is 6.86. The number of aryl methyl sites for hydroxylation is 1. The van der Waals surface area contributed by atoms with E-state index >= 15 is 0 Å². The highest BCUT2D eigenvalue weighted by molar-refractivity contribution is 7.89. The summed E-state index contributed by atoms with van der Waals surface area (Å²) < 4.78 is 37.6. The Labute approximate surface area is 144 Å². The lowest BCUT2D eigenvalue weighted by Gasteiger charge is -2.33. The number of furan rings is 1. The molecule has 0 saturated carbocycles. The van der Waals surface area contributed by atoms with Crippen LogP contribution in [0.5, 0.6) is 0 Å². The van der Waals surface area contributed by atoms with Crippen molar-refractivity contribution in [2.45, 2.75) is 58.4 Å². The fraction of sp³-hybridized carbons (Fsp3) is 0.706. The van der Waals surface area contributed by atoms with Crippen molar-refractivity contribution in [1.29, 1.82) is 0 Å². The van der Waals surface area contributed by atoms with Crippen molar-refractivity contribution in [2.24, 2.45) is 0 Å². The average Bonchev–Trinajstić information content (AvgIpc) is 3.04. The molecule has 6 nitrogen and oxygen atoms in total. The lowest BCUT2D eigenvalue weighted by atomic mass is 10.0. The third kappa shape index (κ3) is 4.83. The van der Waals surface area contributed by atoms with Crippen LogP contribution in [0.25, 0.3) is 0 Å². The fourth-order valence-corrected chi connectivity index (χ4v) is 4.78. The first kappa shape index (κ1) is 19.0. The Hall–Kier alpha value is -1.34. The van der Waals surface area contributed by atoms with E-state index in [0.717, 1.165) is 37.2 Å². The first-order valence-corrected chi connectivity index (χ1v) is 10.3. The molecule has 0 aromatic carbocycles. The van der Waals surface area contributed by atoms with E-state index in [2.05, 4.69) is 0 Å². The second-order valence-electron chi connectivity index (χ2n) is 6.00. The zero-order chi connectivity index (χ0) is 17.6. The first-order chi connectivity index (χ1) is 11.5. The number of ether oxygens (including phenoxy) is 1. The summed E-state index contributed by atoms with van der Waals surface area (Å²) >= 11 is 0. The number of esters is 1. The zero-order valence-electron chi connectivity index (χ0n) is 14.5. The van der Waals surface area contributed by atoms with Crippen molar-refractivity contribution in [3.05, 3.63) is 23.7 Å². The maximum atomic E-state index is 12.7. The van der Waals surface area contributed by atoms with Gasteiger partial charge < -0.3 is 9.15 Å². The van der Waals surface area contributed by atoms with Gasteiger partial charge in [-0.05, 0) is 38.3 Å². The topological polar surface area (TPSA) is 76.8 Å². The van der Waals surface area contributed by atoms with Crippen LogP contribution in [0.1, 0.15) is 63.5 Å². The second kappa shape index (κ2) is 8.67. The van der Waals surface area contributed by atoms with Gasteiger partial charge in [-0.1, -0.05) is 13.3 Å². The SMILES string of the molecule is CCOC(=O)CCCS(=O)(=O)N1CCCCC1c1ccc(CC)o1. The van der Waals surface area contributed by atoms with Crippen molar-refractivity contribution in [2.75, 3.05) is 18.9 Å². The predicted molar refractivity (Wildman–Crippen MR) is 91.0 cm³/mol. The Morgan fingerprint density at radius 2 is 2.12 bits per heavy atom. The van der Waals surface area contributed by atoms with E-state index in [1.165, 1.54) is 0 Å². The molecule has 0 radical (unpaired) electrons. The van der Waals surface area contributed by atoms with Gasteiger partial charge in [0.05, 0.1) is 18.4 Å². The van der Waals surface area contributed by atoms with Gasteiger partial charge in [-0.15, -0.1) is 0 Å². The third-order valence-corrected chi connectivity index (χ3v) is 6.22. The summed E-state index contributed by atoms with van der Waals surface area (Å²) in [6.45, 7) is 4.57. The number of carbonyl (C=O) groups is 1. The van der Waals surface area contributed by atoms with Gasteiger partial charge in [0.15, 0.2) is 0 Å². The molecule has 0 aliphatic carbocycles. The minimum absolute atomic E-state index is 0.0380. The van der Waals surface area contributed by atoms with Crippen molar-refractivity contribution in [1.82, 2.24) is 4.31 Å². The van der Waals surface area contributed by atoms with Gasteiger partial charge in [0.1, 0.15) is 11.5 Å². The quantitative estimate of drug-likeness (QED) is 0.668.